The largest absolute Gasteiger partial charge is 0.478 e. The van der Waals surface area contributed by atoms with Gasteiger partial charge in [-0.15, -0.1) is 0 Å². The zero-order valence-electron chi connectivity index (χ0n) is 13.7. The topological polar surface area (TPSA) is 70.8 Å². The fourth-order valence-electron chi connectivity index (χ4n) is 2.47. The van der Waals surface area contributed by atoms with Crippen LogP contribution >= 0.6 is 35.6 Å². The van der Waals surface area contributed by atoms with Crippen LogP contribution in [0.4, 0.5) is 0 Å². The Morgan fingerprint density at radius 2 is 2.15 bits per heavy atom. The molecule has 0 radical (unpaired) electrons. The smallest absolute Gasteiger partial charge is 0.337 e. The van der Waals surface area contributed by atoms with E-state index in [1.807, 2.05) is 6.92 Å². The van der Waals surface area contributed by atoms with E-state index < -0.39 is 5.97 Å². The summed E-state index contributed by atoms with van der Waals surface area (Å²) in [7, 11) is 0. The van der Waals surface area contributed by atoms with Gasteiger partial charge in [0.1, 0.15) is 15.8 Å². The van der Waals surface area contributed by atoms with Gasteiger partial charge >= 0.3 is 5.97 Å². The summed E-state index contributed by atoms with van der Waals surface area (Å²) in [5, 5.41) is 9.16. The predicted octanol–water partition coefficient (Wildman–Crippen LogP) is 4.91. The fourth-order valence-corrected chi connectivity index (χ4v) is 4.02. The average Bonchev–Trinajstić information content (AvgIpc) is 3.15. The number of halogens is 1. The summed E-state index contributed by atoms with van der Waals surface area (Å²) in [5.41, 5.74) is 0.681. The molecule has 3 rings (SSSR count). The molecule has 2 aromatic rings. The van der Waals surface area contributed by atoms with Crippen LogP contribution < -0.4 is 0 Å². The number of carboxylic acid groups (broad SMARTS) is 1. The van der Waals surface area contributed by atoms with E-state index in [9.17, 15) is 9.59 Å². The normalized spacial score (nSPS) is 15.9. The molecule has 0 unspecified atom stereocenters. The lowest BCUT2D eigenvalue weighted by Gasteiger charge is -2.11. The first-order valence-electron chi connectivity index (χ1n) is 7.79. The van der Waals surface area contributed by atoms with Crippen LogP contribution in [0.5, 0.6) is 0 Å². The first-order valence-corrected chi connectivity index (χ1v) is 9.39. The maximum absolute atomic E-state index is 12.4. The molecule has 1 N–H and O–H groups in total. The zero-order chi connectivity index (χ0) is 18.8. The van der Waals surface area contributed by atoms with E-state index in [0.717, 1.165) is 6.42 Å². The second-order valence-corrected chi connectivity index (χ2v) is 7.62. The molecule has 0 bridgehead atoms. The lowest BCUT2D eigenvalue weighted by molar-refractivity contribution is -0.122. The first kappa shape index (κ1) is 18.7. The highest BCUT2D eigenvalue weighted by molar-refractivity contribution is 8.26. The van der Waals surface area contributed by atoms with E-state index in [1.54, 1.807) is 29.2 Å². The average molecular weight is 408 g/mol. The number of aromatic carboxylic acids is 1. The van der Waals surface area contributed by atoms with Crippen LogP contribution in [-0.4, -0.2) is 32.7 Å². The van der Waals surface area contributed by atoms with Gasteiger partial charge in [-0.3, -0.25) is 9.69 Å². The van der Waals surface area contributed by atoms with E-state index >= 15 is 0 Å². The Labute approximate surface area is 164 Å². The van der Waals surface area contributed by atoms with Crippen molar-refractivity contribution in [1.29, 1.82) is 0 Å². The van der Waals surface area contributed by atoms with Gasteiger partial charge in [0, 0.05) is 18.2 Å². The second-order valence-electron chi connectivity index (χ2n) is 5.54. The summed E-state index contributed by atoms with van der Waals surface area (Å²) in [4.78, 5) is 25.5. The van der Waals surface area contributed by atoms with Gasteiger partial charge in [0.2, 0.25) is 0 Å². The number of benzene rings is 1. The van der Waals surface area contributed by atoms with Crippen LogP contribution in [0.3, 0.4) is 0 Å². The molecular formula is C18H14ClNO4S2. The van der Waals surface area contributed by atoms with Crippen molar-refractivity contribution in [2.24, 2.45) is 0 Å². The fraction of sp³-hybridized carbons (Fsp3) is 0.167. The minimum atomic E-state index is -1.09. The lowest BCUT2D eigenvalue weighted by Crippen LogP contribution is -2.28. The number of nitrogens with zero attached hydrogens (tertiary/aromatic N) is 1. The molecule has 1 aliphatic rings. The van der Waals surface area contributed by atoms with Gasteiger partial charge in [-0.2, -0.15) is 0 Å². The molecule has 0 atom stereocenters. The van der Waals surface area contributed by atoms with E-state index in [4.69, 9.17) is 33.3 Å². The molecule has 1 aromatic heterocycles. The van der Waals surface area contributed by atoms with Crippen molar-refractivity contribution in [3.05, 3.63) is 51.6 Å². The molecule has 0 spiro atoms. The van der Waals surface area contributed by atoms with Gasteiger partial charge in [-0.25, -0.2) is 4.79 Å². The molecule has 8 heteroatoms. The molecule has 26 heavy (non-hydrogen) atoms. The number of furan rings is 1. The van der Waals surface area contributed by atoms with Crippen molar-refractivity contribution >= 4 is 57.9 Å². The van der Waals surface area contributed by atoms with Gasteiger partial charge < -0.3 is 9.52 Å². The third-order valence-electron chi connectivity index (χ3n) is 3.70. The molecule has 0 aliphatic carbocycles. The van der Waals surface area contributed by atoms with Crippen molar-refractivity contribution < 1.29 is 19.1 Å². The number of carbonyl (C=O) groups excluding carboxylic acids is 1. The molecule has 1 saturated heterocycles. The summed E-state index contributed by atoms with van der Waals surface area (Å²) in [6.45, 7) is 2.58. The number of amides is 1. The van der Waals surface area contributed by atoms with Crippen LogP contribution in [0.1, 0.15) is 29.5 Å². The van der Waals surface area contributed by atoms with Crippen molar-refractivity contribution in [3.63, 3.8) is 0 Å². The molecular weight excluding hydrogens is 394 g/mol. The Bertz CT molecular complexity index is 935. The van der Waals surface area contributed by atoms with Crippen LogP contribution in [0.2, 0.25) is 5.02 Å². The summed E-state index contributed by atoms with van der Waals surface area (Å²) in [6, 6.07) is 8.07. The minimum Gasteiger partial charge on any atom is -0.478 e. The van der Waals surface area contributed by atoms with Crippen molar-refractivity contribution in [2.75, 3.05) is 6.54 Å². The molecule has 134 valence electrons. The van der Waals surface area contributed by atoms with E-state index in [-0.39, 0.29) is 16.5 Å². The monoisotopic (exact) mass is 407 g/mol. The number of hydrogen-bond donors (Lipinski definition) is 1. The molecule has 2 heterocycles. The Kier molecular flexibility index (Phi) is 5.50. The third-order valence-corrected chi connectivity index (χ3v) is 5.40. The summed E-state index contributed by atoms with van der Waals surface area (Å²) >= 11 is 12.5. The van der Waals surface area contributed by atoms with Crippen molar-refractivity contribution in [2.45, 2.75) is 13.3 Å². The third kappa shape index (κ3) is 3.70. The zero-order valence-corrected chi connectivity index (χ0v) is 16.1. The van der Waals surface area contributed by atoms with Gasteiger partial charge in [0.25, 0.3) is 5.91 Å². The minimum absolute atomic E-state index is 0.0294. The van der Waals surface area contributed by atoms with Crippen LogP contribution in [0.25, 0.3) is 17.4 Å². The Morgan fingerprint density at radius 1 is 1.38 bits per heavy atom. The summed E-state index contributed by atoms with van der Waals surface area (Å²) < 4.78 is 6.30. The highest BCUT2D eigenvalue weighted by Gasteiger charge is 2.31. The quantitative estimate of drug-likeness (QED) is 0.561. The van der Waals surface area contributed by atoms with E-state index in [1.165, 1.54) is 23.9 Å². The molecule has 0 saturated carbocycles. The number of rotatable bonds is 5. The summed E-state index contributed by atoms with van der Waals surface area (Å²) in [6.07, 6.45) is 2.49. The van der Waals surface area contributed by atoms with Crippen LogP contribution in [0, 0.1) is 0 Å². The van der Waals surface area contributed by atoms with Gasteiger partial charge in [-0.05, 0) is 30.7 Å². The standard InChI is InChI=1S/C18H14ClNO4S2/c1-2-7-20-16(21)15(26-18(20)25)9-11-4-6-14(24-11)10-3-5-12(17(22)23)13(19)8-10/h3-6,8-9H,2,7H2,1H3,(H,22,23)/b15-9+. The number of hydrogen-bond acceptors (Lipinski definition) is 5. The predicted molar refractivity (Wildman–Crippen MR) is 106 cm³/mol. The Morgan fingerprint density at radius 3 is 2.81 bits per heavy atom. The van der Waals surface area contributed by atoms with Gasteiger partial charge in [-0.1, -0.05) is 48.6 Å². The molecule has 1 aliphatic heterocycles. The number of thiocarbonyl (C=S) groups is 1. The maximum atomic E-state index is 12.4. The van der Waals surface area contributed by atoms with Gasteiger partial charge in [0.15, 0.2) is 0 Å². The lowest BCUT2D eigenvalue weighted by atomic mass is 10.1. The van der Waals surface area contributed by atoms with Crippen LogP contribution in [0.15, 0.2) is 39.7 Å². The molecule has 1 fully saturated rings. The Hall–Kier alpha value is -2.09. The van der Waals surface area contributed by atoms with Crippen LogP contribution in [-0.2, 0) is 4.79 Å². The van der Waals surface area contributed by atoms with Crippen molar-refractivity contribution in [3.8, 4) is 11.3 Å². The second kappa shape index (κ2) is 7.65. The highest BCUT2D eigenvalue weighted by Crippen LogP contribution is 2.34. The molecule has 1 amide bonds. The van der Waals surface area contributed by atoms with E-state index in [2.05, 4.69) is 0 Å². The Balaban J connectivity index is 1.85. The highest BCUT2D eigenvalue weighted by atomic mass is 35.5. The molecule has 1 aromatic carbocycles. The number of thioether (sulfide) groups is 1. The first-order chi connectivity index (χ1) is 12.4. The summed E-state index contributed by atoms with van der Waals surface area (Å²) in [5.74, 6) is -0.168. The maximum Gasteiger partial charge on any atom is 0.337 e. The van der Waals surface area contributed by atoms with Gasteiger partial charge in [0.05, 0.1) is 15.5 Å². The van der Waals surface area contributed by atoms with Crippen molar-refractivity contribution in [1.82, 2.24) is 4.90 Å². The number of carboxylic acids is 1. The SMILES string of the molecule is CCCN1C(=O)/C(=C\c2ccc(-c3ccc(C(=O)O)c(Cl)c3)o2)SC1=S. The molecule has 5 nitrogen and oxygen atoms in total. The number of carbonyl (C=O) groups is 2. The van der Waals surface area contributed by atoms with E-state index in [0.29, 0.717) is 32.9 Å².